The van der Waals surface area contributed by atoms with E-state index in [2.05, 4.69) is 25.8 Å². The predicted molar refractivity (Wildman–Crippen MR) is 136 cm³/mol. The number of ether oxygens (including phenoxy) is 1. The van der Waals surface area contributed by atoms with Gasteiger partial charge >= 0.3 is 0 Å². The third-order valence-corrected chi connectivity index (χ3v) is 9.73. The number of fused-ring (bicyclic) bond motifs is 1. The van der Waals surface area contributed by atoms with Crippen molar-refractivity contribution in [3.63, 3.8) is 0 Å². The molecular weight excluding hydrogens is 426 g/mol. The molecule has 34 heavy (non-hydrogen) atoms. The van der Waals surface area contributed by atoms with Gasteiger partial charge in [0, 0.05) is 50.8 Å². The Bertz CT molecular complexity index is 671. The fourth-order valence-electron chi connectivity index (χ4n) is 7.99. The molecule has 3 saturated heterocycles. The van der Waals surface area contributed by atoms with Crippen molar-refractivity contribution in [2.24, 2.45) is 5.92 Å². The summed E-state index contributed by atoms with van der Waals surface area (Å²) in [5, 5.41) is 11.8. The van der Waals surface area contributed by atoms with E-state index in [0.29, 0.717) is 48.4 Å². The lowest BCUT2D eigenvalue weighted by molar-refractivity contribution is -0.131. The Hall–Kier alpha value is -0.730. The number of hydrogen-bond acceptors (Lipinski definition) is 6. The molecule has 3 aliphatic heterocycles. The molecule has 7 heteroatoms. The summed E-state index contributed by atoms with van der Waals surface area (Å²) in [6, 6.07) is 2.52. The van der Waals surface area contributed by atoms with E-state index >= 15 is 0 Å². The quantitative estimate of drug-likeness (QED) is 0.548. The molecule has 5 rings (SSSR count). The predicted octanol–water partition coefficient (Wildman–Crippen LogP) is 2.46. The third kappa shape index (κ3) is 5.64. The summed E-state index contributed by atoms with van der Waals surface area (Å²) in [5.74, 6) is 0.958. The van der Waals surface area contributed by atoms with Crippen LogP contribution >= 0.6 is 0 Å². The number of carbonyl (C=O) groups excluding carboxylic acids is 1. The average molecular weight is 476 g/mol. The van der Waals surface area contributed by atoms with Gasteiger partial charge < -0.3 is 25.2 Å². The first-order valence-electron chi connectivity index (χ1n) is 14.4. The summed E-state index contributed by atoms with van der Waals surface area (Å²) in [5.41, 5.74) is 0. The molecule has 5 fully saturated rings. The lowest BCUT2D eigenvalue weighted by Gasteiger charge is -2.45. The minimum absolute atomic E-state index is 0.261. The number of likely N-dealkylation sites (tertiary alicyclic amines) is 2. The highest BCUT2D eigenvalue weighted by molar-refractivity contribution is 5.74. The Morgan fingerprint density at radius 1 is 0.882 bits per heavy atom. The van der Waals surface area contributed by atoms with Gasteiger partial charge in [-0.3, -0.25) is 10.1 Å². The molecule has 3 N–H and O–H groups in total. The minimum atomic E-state index is 0.261. The molecule has 3 heterocycles. The molecule has 8 unspecified atom stereocenters. The zero-order chi connectivity index (χ0) is 23.5. The second-order valence-electron chi connectivity index (χ2n) is 11.8. The molecule has 0 spiro atoms. The van der Waals surface area contributed by atoms with Gasteiger partial charge in [-0.25, -0.2) is 0 Å². The molecule has 2 aliphatic carbocycles. The molecule has 0 aromatic carbocycles. The lowest BCUT2D eigenvalue weighted by atomic mass is 9.80. The largest absolute Gasteiger partial charge is 0.380 e. The minimum Gasteiger partial charge on any atom is -0.380 e. The van der Waals surface area contributed by atoms with E-state index in [1.54, 1.807) is 6.92 Å². The van der Waals surface area contributed by atoms with Crippen LogP contribution in [-0.2, 0) is 9.53 Å². The van der Waals surface area contributed by atoms with Gasteiger partial charge in [-0.2, -0.15) is 0 Å². The molecule has 0 aromatic rings. The average Bonchev–Trinajstić information content (AvgIpc) is 3.31. The second kappa shape index (κ2) is 11.5. The van der Waals surface area contributed by atoms with Gasteiger partial charge in [0.25, 0.3) is 0 Å². The van der Waals surface area contributed by atoms with Crippen LogP contribution in [0.1, 0.15) is 84.0 Å². The van der Waals surface area contributed by atoms with E-state index in [0.717, 1.165) is 25.9 Å². The van der Waals surface area contributed by atoms with Crippen LogP contribution in [0.5, 0.6) is 0 Å². The van der Waals surface area contributed by atoms with Crippen LogP contribution in [0.25, 0.3) is 0 Å². The van der Waals surface area contributed by atoms with Crippen molar-refractivity contribution in [1.29, 1.82) is 0 Å². The van der Waals surface area contributed by atoms with Gasteiger partial charge in [0.1, 0.15) is 0 Å². The summed E-state index contributed by atoms with van der Waals surface area (Å²) >= 11 is 0. The van der Waals surface area contributed by atoms with Gasteiger partial charge in [-0.05, 0) is 89.8 Å². The maximum absolute atomic E-state index is 12.3. The summed E-state index contributed by atoms with van der Waals surface area (Å²) in [6.45, 7) is 6.32. The molecule has 5 aliphatic rings. The van der Waals surface area contributed by atoms with Crippen molar-refractivity contribution in [2.45, 2.75) is 126 Å². The van der Waals surface area contributed by atoms with E-state index in [4.69, 9.17) is 4.74 Å². The Labute approximate surface area is 207 Å². The first kappa shape index (κ1) is 24.9. The maximum Gasteiger partial charge on any atom is 0.219 e. The zero-order valence-electron chi connectivity index (χ0n) is 21.6. The van der Waals surface area contributed by atoms with E-state index in [-0.39, 0.29) is 5.91 Å². The summed E-state index contributed by atoms with van der Waals surface area (Å²) in [7, 11) is 1.90. The summed E-state index contributed by atoms with van der Waals surface area (Å²) in [4.78, 5) is 17.2. The van der Waals surface area contributed by atoms with E-state index in [1.807, 2.05) is 7.11 Å². The summed E-state index contributed by atoms with van der Waals surface area (Å²) < 4.78 is 6.03. The number of amides is 1. The Morgan fingerprint density at radius 3 is 2.53 bits per heavy atom. The molecule has 0 bridgehead atoms. The summed E-state index contributed by atoms with van der Waals surface area (Å²) in [6.07, 6.45) is 15.7. The van der Waals surface area contributed by atoms with Crippen molar-refractivity contribution >= 4 is 5.91 Å². The van der Waals surface area contributed by atoms with Crippen LogP contribution in [0.3, 0.4) is 0 Å². The van der Waals surface area contributed by atoms with Crippen molar-refractivity contribution in [3.8, 4) is 0 Å². The first-order chi connectivity index (χ1) is 16.6. The molecular formula is C27H49N5O2. The molecule has 8 atom stereocenters. The SMILES string of the molecule is COC1CC(N2CCCCC2)CCC1NC1CC(NC2CCCC3CCN(C(C)=O)C32)CCN1. The first-order valence-corrected chi connectivity index (χ1v) is 14.4. The normalized spacial score (nSPS) is 41.9. The van der Waals surface area contributed by atoms with E-state index in [9.17, 15) is 4.79 Å². The van der Waals surface area contributed by atoms with Crippen molar-refractivity contribution in [1.82, 2.24) is 25.8 Å². The highest BCUT2D eigenvalue weighted by Crippen LogP contribution is 2.37. The van der Waals surface area contributed by atoms with Crippen LogP contribution in [0.4, 0.5) is 0 Å². The topological polar surface area (TPSA) is 68.9 Å². The lowest BCUT2D eigenvalue weighted by Crippen LogP contribution is -2.62. The number of rotatable bonds is 6. The molecule has 1 amide bonds. The second-order valence-corrected chi connectivity index (χ2v) is 11.8. The Balaban J connectivity index is 1.14. The van der Waals surface area contributed by atoms with Gasteiger partial charge in [-0.15, -0.1) is 0 Å². The molecule has 0 radical (unpaired) electrons. The smallest absolute Gasteiger partial charge is 0.219 e. The number of carbonyl (C=O) groups is 1. The standard InChI is InChI=1S/C27H49N5O2/c1-19(33)32-16-12-20-7-6-8-24(27(20)32)29-21-11-13-28-26(17-21)30-23-10-9-22(18-25(23)34-2)31-14-4-3-5-15-31/h20-30H,3-18H2,1-2H3. The number of hydrogen-bond donors (Lipinski definition) is 3. The van der Waals surface area contributed by atoms with Crippen LogP contribution in [0, 0.1) is 5.92 Å². The van der Waals surface area contributed by atoms with Crippen LogP contribution in [0.2, 0.25) is 0 Å². The number of piperidine rings is 2. The van der Waals surface area contributed by atoms with Crippen molar-refractivity contribution < 1.29 is 9.53 Å². The number of nitrogens with one attached hydrogen (secondary N) is 3. The molecule has 2 saturated carbocycles. The monoisotopic (exact) mass is 475 g/mol. The fourth-order valence-corrected chi connectivity index (χ4v) is 7.99. The van der Waals surface area contributed by atoms with E-state index in [1.165, 1.54) is 77.3 Å². The van der Waals surface area contributed by atoms with Crippen LogP contribution < -0.4 is 16.0 Å². The van der Waals surface area contributed by atoms with Gasteiger partial charge in [0.15, 0.2) is 0 Å². The Kier molecular flexibility index (Phi) is 8.47. The highest BCUT2D eigenvalue weighted by Gasteiger charge is 2.44. The third-order valence-electron chi connectivity index (χ3n) is 9.73. The van der Waals surface area contributed by atoms with Crippen molar-refractivity contribution in [2.75, 3.05) is 33.3 Å². The highest BCUT2D eigenvalue weighted by atomic mass is 16.5. The Morgan fingerprint density at radius 2 is 1.74 bits per heavy atom. The van der Waals surface area contributed by atoms with Crippen LogP contribution in [0.15, 0.2) is 0 Å². The zero-order valence-corrected chi connectivity index (χ0v) is 21.6. The maximum atomic E-state index is 12.3. The van der Waals surface area contributed by atoms with Gasteiger partial charge in [0.05, 0.1) is 12.3 Å². The van der Waals surface area contributed by atoms with Gasteiger partial charge in [-0.1, -0.05) is 12.8 Å². The molecule has 7 nitrogen and oxygen atoms in total. The molecule has 194 valence electrons. The van der Waals surface area contributed by atoms with Gasteiger partial charge in [0.2, 0.25) is 5.91 Å². The fraction of sp³-hybridized carbons (Fsp3) is 0.963. The molecule has 0 aromatic heterocycles. The van der Waals surface area contributed by atoms with E-state index < -0.39 is 0 Å². The van der Waals surface area contributed by atoms with Crippen LogP contribution in [-0.4, -0.2) is 91.5 Å². The van der Waals surface area contributed by atoms with Crippen molar-refractivity contribution in [3.05, 3.63) is 0 Å². The number of nitrogens with zero attached hydrogens (tertiary/aromatic N) is 2. The number of methoxy groups -OCH3 is 1.